The molecule has 2 N–H and O–H groups in total. The van der Waals surface area contributed by atoms with Crippen molar-refractivity contribution in [2.75, 3.05) is 27.9 Å². The number of ether oxygens (including phenoxy) is 3. The van der Waals surface area contributed by atoms with Crippen LogP contribution in [0.4, 0.5) is 4.39 Å². The molecule has 30 heavy (non-hydrogen) atoms. The van der Waals surface area contributed by atoms with E-state index in [0.29, 0.717) is 11.3 Å². The van der Waals surface area contributed by atoms with Crippen LogP contribution in [0.25, 0.3) is 0 Å². The highest BCUT2D eigenvalue weighted by atomic mass is 32.2. The third-order valence-corrected chi connectivity index (χ3v) is 5.81. The van der Waals surface area contributed by atoms with E-state index in [4.69, 9.17) is 14.2 Å². The quantitative estimate of drug-likeness (QED) is 0.518. The van der Waals surface area contributed by atoms with Crippen molar-refractivity contribution in [1.29, 1.82) is 0 Å². The van der Waals surface area contributed by atoms with Gasteiger partial charge in [0.15, 0.2) is 6.29 Å². The normalized spacial score (nSPS) is 12.6. The molecule has 0 unspecified atom stereocenters. The molecule has 0 saturated heterocycles. The summed E-state index contributed by atoms with van der Waals surface area (Å²) < 4.78 is 56.3. The summed E-state index contributed by atoms with van der Waals surface area (Å²) in [7, 11) is 0.393. The fourth-order valence-corrected chi connectivity index (χ4v) is 3.87. The lowest BCUT2D eigenvalue weighted by atomic mass is 10.0. The van der Waals surface area contributed by atoms with Gasteiger partial charge in [0.1, 0.15) is 11.6 Å². The van der Waals surface area contributed by atoms with E-state index in [1.807, 2.05) is 0 Å². The molecule has 2 aromatic carbocycles. The molecule has 2 rings (SSSR count). The molecule has 0 saturated carbocycles. The largest absolute Gasteiger partial charge is 0.497 e. The van der Waals surface area contributed by atoms with Crippen molar-refractivity contribution in [3.63, 3.8) is 0 Å². The van der Waals surface area contributed by atoms with Crippen LogP contribution in [0.5, 0.6) is 5.75 Å². The van der Waals surface area contributed by atoms with Crippen molar-refractivity contribution in [2.45, 2.75) is 23.6 Å². The second-order valence-corrected chi connectivity index (χ2v) is 8.02. The Hall–Kier alpha value is -2.53. The molecule has 0 fully saturated rings. The van der Waals surface area contributed by atoms with E-state index in [9.17, 15) is 17.6 Å². The van der Waals surface area contributed by atoms with Crippen molar-refractivity contribution in [3.8, 4) is 5.75 Å². The molecule has 10 heteroatoms. The van der Waals surface area contributed by atoms with Gasteiger partial charge in [-0.05, 0) is 42.0 Å². The predicted octanol–water partition coefficient (Wildman–Crippen LogP) is 1.98. The molecule has 164 valence electrons. The maximum Gasteiger partial charge on any atom is 0.241 e. The van der Waals surface area contributed by atoms with Crippen molar-refractivity contribution in [2.24, 2.45) is 0 Å². The molecule has 0 aliphatic rings. The summed E-state index contributed by atoms with van der Waals surface area (Å²) in [5.41, 5.74) is 0.562. The average molecular weight is 440 g/mol. The van der Waals surface area contributed by atoms with Crippen LogP contribution in [0.2, 0.25) is 0 Å². The molecular formula is C20H25FN2O6S. The molecule has 0 heterocycles. The minimum absolute atomic E-state index is 0.103. The maximum atomic E-state index is 13.2. The molecule has 0 aliphatic heterocycles. The molecular weight excluding hydrogens is 415 g/mol. The van der Waals surface area contributed by atoms with Gasteiger partial charge >= 0.3 is 0 Å². The van der Waals surface area contributed by atoms with Crippen LogP contribution in [-0.4, -0.2) is 48.5 Å². The molecule has 0 bridgehead atoms. The van der Waals surface area contributed by atoms with Gasteiger partial charge in [-0.1, -0.05) is 12.1 Å². The fourth-order valence-electron chi connectivity index (χ4n) is 2.65. The van der Waals surface area contributed by atoms with Gasteiger partial charge in [0.25, 0.3) is 0 Å². The molecule has 1 atom stereocenters. The van der Waals surface area contributed by atoms with Crippen LogP contribution in [-0.2, 0) is 24.3 Å². The standard InChI is InChI=1S/C20H25FN2O6S/c1-27-16-8-4-14(5-9-16)18(12-19(24)22-13-20(28-2)29-3)23-30(25,26)17-10-6-15(21)7-11-17/h4-11,18,20,23H,12-13H2,1-3H3,(H,22,24)/t18-/m1/s1. The Morgan fingerprint density at radius 2 is 1.60 bits per heavy atom. The molecule has 0 radical (unpaired) electrons. The Kier molecular flexibility index (Phi) is 8.72. The summed E-state index contributed by atoms with van der Waals surface area (Å²) in [6.07, 6.45) is -0.795. The van der Waals surface area contributed by atoms with Crippen LogP contribution in [0.3, 0.4) is 0 Å². The Labute approximate surface area is 175 Å². The number of sulfonamides is 1. The summed E-state index contributed by atoms with van der Waals surface area (Å²) in [4.78, 5) is 12.3. The second-order valence-electron chi connectivity index (χ2n) is 6.31. The van der Waals surface area contributed by atoms with Crippen LogP contribution < -0.4 is 14.8 Å². The van der Waals surface area contributed by atoms with Crippen LogP contribution >= 0.6 is 0 Å². The van der Waals surface area contributed by atoms with Crippen molar-refractivity contribution >= 4 is 15.9 Å². The number of hydrogen-bond donors (Lipinski definition) is 2. The summed E-state index contributed by atoms with van der Waals surface area (Å²) in [6.45, 7) is 0.103. The summed E-state index contributed by atoms with van der Waals surface area (Å²) in [5.74, 6) is -0.367. The molecule has 2 aromatic rings. The van der Waals surface area contributed by atoms with Crippen LogP contribution in [0, 0.1) is 5.82 Å². The number of hydrogen-bond acceptors (Lipinski definition) is 6. The number of rotatable bonds is 11. The van der Waals surface area contributed by atoms with E-state index in [1.54, 1.807) is 24.3 Å². The summed E-state index contributed by atoms with van der Waals surface area (Å²) >= 11 is 0. The van der Waals surface area contributed by atoms with Gasteiger partial charge in [0.05, 0.1) is 24.6 Å². The SMILES string of the molecule is COc1ccc([C@@H](CC(=O)NCC(OC)OC)NS(=O)(=O)c2ccc(F)cc2)cc1. The third-order valence-electron chi connectivity index (χ3n) is 4.32. The number of benzene rings is 2. The minimum Gasteiger partial charge on any atom is -0.497 e. The van der Waals surface area contributed by atoms with Gasteiger partial charge < -0.3 is 19.5 Å². The first-order chi connectivity index (χ1) is 14.3. The topological polar surface area (TPSA) is 103 Å². The van der Waals surface area contributed by atoms with E-state index < -0.39 is 34.1 Å². The Balaban J connectivity index is 2.22. The van der Waals surface area contributed by atoms with Gasteiger partial charge in [-0.25, -0.2) is 17.5 Å². The molecule has 0 spiro atoms. The van der Waals surface area contributed by atoms with Gasteiger partial charge in [0.2, 0.25) is 15.9 Å². The average Bonchev–Trinajstić information content (AvgIpc) is 2.74. The predicted molar refractivity (Wildman–Crippen MR) is 108 cm³/mol. The number of carbonyl (C=O) groups is 1. The first-order valence-electron chi connectivity index (χ1n) is 9.03. The zero-order chi connectivity index (χ0) is 22.1. The van der Waals surface area contributed by atoms with E-state index in [2.05, 4.69) is 10.0 Å². The lowest BCUT2D eigenvalue weighted by Crippen LogP contribution is -2.37. The molecule has 1 amide bonds. The van der Waals surface area contributed by atoms with Gasteiger partial charge in [-0.3, -0.25) is 4.79 Å². The number of halogens is 1. The van der Waals surface area contributed by atoms with E-state index in [0.717, 1.165) is 24.3 Å². The highest BCUT2D eigenvalue weighted by molar-refractivity contribution is 7.89. The second kappa shape index (κ2) is 11.0. The van der Waals surface area contributed by atoms with Crippen molar-refractivity contribution < 1.29 is 31.8 Å². The Bertz CT molecular complexity index is 915. The number of amides is 1. The monoisotopic (exact) mass is 440 g/mol. The van der Waals surface area contributed by atoms with Crippen molar-refractivity contribution in [1.82, 2.24) is 10.0 Å². The summed E-state index contributed by atoms with van der Waals surface area (Å²) in [5, 5.41) is 2.64. The number of nitrogens with one attached hydrogen (secondary N) is 2. The van der Waals surface area contributed by atoms with Gasteiger partial charge in [0, 0.05) is 20.6 Å². The smallest absolute Gasteiger partial charge is 0.241 e. The zero-order valence-electron chi connectivity index (χ0n) is 16.9. The first-order valence-corrected chi connectivity index (χ1v) is 10.5. The van der Waals surface area contributed by atoms with Crippen LogP contribution in [0.15, 0.2) is 53.4 Å². The number of methoxy groups -OCH3 is 3. The van der Waals surface area contributed by atoms with E-state index >= 15 is 0 Å². The fraction of sp³-hybridized carbons (Fsp3) is 0.350. The molecule has 0 aliphatic carbocycles. The highest BCUT2D eigenvalue weighted by Gasteiger charge is 2.24. The minimum atomic E-state index is -4.00. The Morgan fingerprint density at radius 1 is 1.00 bits per heavy atom. The molecule has 0 aromatic heterocycles. The van der Waals surface area contributed by atoms with Gasteiger partial charge in [-0.15, -0.1) is 0 Å². The van der Waals surface area contributed by atoms with Crippen LogP contribution in [0.1, 0.15) is 18.0 Å². The highest BCUT2D eigenvalue weighted by Crippen LogP contribution is 2.23. The van der Waals surface area contributed by atoms with E-state index in [-0.39, 0.29) is 17.9 Å². The lowest BCUT2D eigenvalue weighted by Gasteiger charge is -2.20. The third kappa shape index (κ3) is 6.77. The first kappa shape index (κ1) is 23.7. The number of carbonyl (C=O) groups excluding carboxylic acids is 1. The van der Waals surface area contributed by atoms with Gasteiger partial charge in [-0.2, -0.15) is 0 Å². The maximum absolute atomic E-state index is 13.2. The summed E-state index contributed by atoms with van der Waals surface area (Å²) in [6, 6.07) is 10.2. The lowest BCUT2D eigenvalue weighted by molar-refractivity contribution is -0.127. The zero-order valence-corrected chi connectivity index (χ0v) is 17.7. The Morgan fingerprint density at radius 3 is 2.13 bits per heavy atom. The van der Waals surface area contributed by atoms with E-state index in [1.165, 1.54) is 21.3 Å². The molecule has 8 nitrogen and oxygen atoms in total. The van der Waals surface area contributed by atoms with Crippen molar-refractivity contribution in [3.05, 3.63) is 59.9 Å².